The van der Waals surface area contributed by atoms with Crippen LogP contribution in [0.4, 0.5) is 11.5 Å². The van der Waals surface area contributed by atoms with Gasteiger partial charge in [-0.2, -0.15) is 0 Å². The van der Waals surface area contributed by atoms with E-state index in [0.717, 1.165) is 26.9 Å². The molecule has 3 N–H and O–H groups in total. The molecule has 0 radical (unpaired) electrons. The minimum atomic E-state index is 0.350. The first-order valence-corrected chi connectivity index (χ1v) is 6.97. The summed E-state index contributed by atoms with van der Waals surface area (Å²) in [4.78, 5) is 4.68. The van der Waals surface area contributed by atoms with Crippen LogP contribution in [0.1, 0.15) is 16.7 Å². The minimum Gasteiger partial charge on any atom is -0.389 e. The molecule has 1 heterocycles. The molecule has 5 heteroatoms. The van der Waals surface area contributed by atoms with Gasteiger partial charge in [0.1, 0.15) is 10.8 Å². The normalized spacial score (nSPS) is 10.3. The molecule has 0 saturated heterocycles. The van der Waals surface area contributed by atoms with Crippen molar-refractivity contribution in [3.63, 3.8) is 0 Å². The molecule has 0 aliphatic heterocycles. The van der Waals surface area contributed by atoms with Crippen molar-refractivity contribution in [2.75, 3.05) is 5.32 Å². The molecule has 0 atom stereocenters. The van der Waals surface area contributed by atoms with E-state index in [0.29, 0.717) is 10.8 Å². The van der Waals surface area contributed by atoms with Crippen LogP contribution < -0.4 is 11.1 Å². The smallest absolute Gasteiger partial charge is 0.140 e. The van der Waals surface area contributed by atoms with E-state index in [9.17, 15) is 0 Å². The van der Waals surface area contributed by atoms with Crippen LogP contribution in [0.3, 0.4) is 0 Å². The van der Waals surface area contributed by atoms with Gasteiger partial charge in [-0.25, -0.2) is 4.98 Å². The highest BCUT2D eigenvalue weighted by atomic mass is 79.9. The SMILES string of the molecule is Cc1cc(Br)ccc1Nc1nccc(C)c1C(N)=S. The van der Waals surface area contributed by atoms with E-state index in [1.54, 1.807) is 6.20 Å². The summed E-state index contributed by atoms with van der Waals surface area (Å²) in [5, 5.41) is 3.29. The Morgan fingerprint density at radius 1 is 1.26 bits per heavy atom. The van der Waals surface area contributed by atoms with E-state index in [4.69, 9.17) is 18.0 Å². The maximum atomic E-state index is 5.78. The second kappa shape index (κ2) is 5.67. The summed E-state index contributed by atoms with van der Waals surface area (Å²) in [7, 11) is 0. The predicted molar refractivity (Wildman–Crippen MR) is 87.0 cm³/mol. The first kappa shape index (κ1) is 14.0. The Kier molecular flexibility index (Phi) is 4.17. The molecule has 19 heavy (non-hydrogen) atoms. The van der Waals surface area contributed by atoms with Gasteiger partial charge in [-0.15, -0.1) is 0 Å². The third-order valence-corrected chi connectivity index (χ3v) is 3.54. The zero-order valence-corrected chi connectivity index (χ0v) is 13.1. The van der Waals surface area contributed by atoms with Crippen LogP contribution in [0, 0.1) is 13.8 Å². The van der Waals surface area contributed by atoms with Gasteiger partial charge in [-0.1, -0.05) is 28.1 Å². The summed E-state index contributed by atoms with van der Waals surface area (Å²) >= 11 is 8.54. The highest BCUT2D eigenvalue weighted by Crippen LogP contribution is 2.25. The number of nitrogens with two attached hydrogens (primary N) is 1. The van der Waals surface area contributed by atoms with E-state index in [-0.39, 0.29) is 0 Å². The van der Waals surface area contributed by atoms with Crippen LogP contribution >= 0.6 is 28.1 Å². The fourth-order valence-corrected chi connectivity index (χ4v) is 2.59. The maximum absolute atomic E-state index is 5.78. The Bertz CT molecular complexity index is 641. The molecule has 0 aliphatic carbocycles. The van der Waals surface area contributed by atoms with E-state index >= 15 is 0 Å². The standard InChI is InChI=1S/C14H14BrN3S/c1-8-5-6-17-14(12(8)13(16)19)18-11-4-3-10(15)7-9(11)2/h3-7H,1-2H3,(H2,16,19)(H,17,18). The van der Waals surface area contributed by atoms with Crippen LogP contribution in [-0.4, -0.2) is 9.97 Å². The van der Waals surface area contributed by atoms with Gasteiger partial charge in [0.25, 0.3) is 0 Å². The van der Waals surface area contributed by atoms with Crippen LogP contribution in [0.25, 0.3) is 0 Å². The summed E-state index contributed by atoms with van der Waals surface area (Å²) in [6.45, 7) is 4.00. The van der Waals surface area contributed by atoms with E-state index < -0.39 is 0 Å². The number of nitrogens with one attached hydrogen (secondary N) is 1. The van der Waals surface area contributed by atoms with Crippen molar-refractivity contribution < 1.29 is 0 Å². The minimum absolute atomic E-state index is 0.350. The third-order valence-electron chi connectivity index (χ3n) is 2.85. The number of nitrogens with zero attached hydrogens (tertiary/aromatic N) is 1. The van der Waals surface area contributed by atoms with Gasteiger partial charge in [-0.05, 0) is 49.2 Å². The van der Waals surface area contributed by atoms with Crippen LogP contribution in [0.15, 0.2) is 34.9 Å². The highest BCUT2D eigenvalue weighted by molar-refractivity contribution is 9.10. The fraction of sp³-hybridized carbons (Fsp3) is 0.143. The lowest BCUT2D eigenvalue weighted by molar-refractivity contribution is 1.25. The zero-order valence-electron chi connectivity index (χ0n) is 10.7. The number of halogens is 1. The number of thiocarbonyl (C=S) groups is 1. The molecule has 0 bridgehead atoms. The Balaban J connectivity index is 2.44. The van der Waals surface area contributed by atoms with E-state index in [2.05, 4.69) is 26.2 Å². The molecule has 0 aliphatic rings. The summed E-state index contributed by atoms with van der Waals surface area (Å²) < 4.78 is 1.04. The second-order valence-electron chi connectivity index (χ2n) is 4.30. The number of hydrogen-bond acceptors (Lipinski definition) is 3. The molecule has 2 rings (SSSR count). The number of anilines is 2. The molecule has 3 nitrogen and oxygen atoms in total. The summed E-state index contributed by atoms with van der Waals surface area (Å²) in [5.41, 5.74) is 9.68. The fourth-order valence-electron chi connectivity index (χ4n) is 1.86. The second-order valence-corrected chi connectivity index (χ2v) is 5.66. The Labute approximate surface area is 126 Å². The topological polar surface area (TPSA) is 50.9 Å². The molecule has 0 unspecified atom stereocenters. The number of aryl methyl sites for hydroxylation is 2. The first-order chi connectivity index (χ1) is 8.99. The largest absolute Gasteiger partial charge is 0.389 e. The van der Waals surface area contributed by atoms with Crippen molar-refractivity contribution in [1.82, 2.24) is 4.98 Å². The van der Waals surface area contributed by atoms with Crippen LogP contribution in [-0.2, 0) is 0 Å². The lowest BCUT2D eigenvalue weighted by atomic mass is 10.1. The van der Waals surface area contributed by atoms with Crippen molar-refractivity contribution in [2.24, 2.45) is 5.73 Å². The van der Waals surface area contributed by atoms with Gasteiger partial charge < -0.3 is 11.1 Å². The molecule has 0 spiro atoms. The third kappa shape index (κ3) is 3.11. The molecule has 98 valence electrons. The average molecular weight is 336 g/mol. The van der Waals surface area contributed by atoms with Gasteiger partial charge >= 0.3 is 0 Å². The monoisotopic (exact) mass is 335 g/mol. The van der Waals surface area contributed by atoms with E-state index in [1.165, 1.54) is 0 Å². The number of hydrogen-bond donors (Lipinski definition) is 2. The quantitative estimate of drug-likeness (QED) is 0.836. The number of rotatable bonds is 3. The lowest BCUT2D eigenvalue weighted by Crippen LogP contribution is -2.15. The lowest BCUT2D eigenvalue weighted by Gasteiger charge is -2.14. The van der Waals surface area contributed by atoms with Crippen molar-refractivity contribution in [3.8, 4) is 0 Å². The Morgan fingerprint density at radius 2 is 2.00 bits per heavy atom. The molecular formula is C14H14BrN3S. The molecular weight excluding hydrogens is 322 g/mol. The van der Waals surface area contributed by atoms with Crippen molar-refractivity contribution >= 4 is 44.6 Å². The predicted octanol–water partition coefficient (Wildman–Crippen LogP) is 3.84. The molecule has 1 aromatic carbocycles. The number of benzene rings is 1. The number of pyridine rings is 1. The van der Waals surface area contributed by atoms with Gasteiger partial charge in [0, 0.05) is 16.4 Å². The molecule has 0 amide bonds. The molecule has 1 aromatic heterocycles. The van der Waals surface area contributed by atoms with Crippen molar-refractivity contribution in [2.45, 2.75) is 13.8 Å². The van der Waals surface area contributed by atoms with Crippen molar-refractivity contribution in [3.05, 3.63) is 51.6 Å². The maximum Gasteiger partial charge on any atom is 0.140 e. The van der Waals surface area contributed by atoms with Crippen molar-refractivity contribution in [1.29, 1.82) is 0 Å². The van der Waals surface area contributed by atoms with Gasteiger partial charge in [0.05, 0.1) is 5.56 Å². The Hall–Kier alpha value is -1.46. The van der Waals surface area contributed by atoms with Crippen LogP contribution in [0.5, 0.6) is 0 Å². The van der Waals surface area contributed by atoms with E-state index in [1.807, 2.05) is 38.1 Å². The van der Waals surface area contributed by atoms with Crippen LogP contribution in [0.2, 0.25) is 0 Å². The zero-order chi connectivity index (χ0) is 14.0. The van der Waals surface area contributed by atoms with Gasteiger partial charge in [0.15, 0.2) is 0 Å². The summed E-state index contributed by atoms with van der Waals surface area (Å²) in [6, 6.07) is 7.91. The van der Waals surface area contributed by atoms with Gasteiger partial charge in [-0.3, -0.25) is 0 Å². The summed E-state index contributed by atoms with van der Waals surface area (Å²) in [6.07, 6.45) is 1.74. The average Bonchev–Trinajstić information content (AvgIpc) is 2.32. The number of aromatic nitrogens is 1. The first-order valence-electron chi connectivity index (χ1n) is 5.77. The van der Waals surface area contributed by atoms with Gasteiger partial charge in [0.2, 0.25) is 0 Å². The highest BCUT2D eigenvalue weighted by Gasteiger charge is 2.10. The Morgan fingerprint density at radius 3 is 2.63 bits per heavy atom. The molecule has 2 aromatic rings. The summed E-state index contributed by atoms with van der Waals surface area (Å²) in [5.74, 6) is 0.693. The molecule has 0 saturated carbocycles. The molecule has 0 fully saturated rings.